The minimum Gasteiger partial charge on any atom is -0.242 e. The fourth-order valence-electron chi connectivity index (χ4n) is 3.63. The summed E-state index contributed by atoms with van der Waals surface area (Å²) in [5.41, 5.74) is 0. The zero-order valence-electron chi connectivity index (χ0n) is 28.7. The molecule has 0 aliphatic heterocycles. The maximum absolute atomic E-state index is 13.9. The summed E-state index contributed by atoms with van der Waals surface area (Å²) in [4.78, 5) is 0. The minimum atomic E-state index is -9.69. The molecule has 0 amide bonds. The van der Waals surface area contributed by atoms with Crippen LogP contribution in [0.25, 0.3) is 0 Å². The van der Waals surface area contributed by atoms with Crippen LogP contribution < -0.4 is 0 Å². The molecule has 0 unspecified atom stereocenters. The van der Waals surface area contributed by atoms with Crippen molar-refractivity contribution in [2.24, 2.45) is 0 Å². The van der Waals surface area contributed by atoms with Gasteiger partial charge in [0, 0.05) is 0 Å². The molecule has 4 nitrogen and oxygen atoms in total. The van der Waals surface area contributed by atoms with Gasteiger partial charge in [0.1, 0.15) is 13.2 Å². The molecule has 0 aromatic heterocycles. The molecule has 0 radical (unpaired) electrons. The van der Waals surface area contributed by atoms with Gasteiger partial charge >= 0.3 is 130 Å². The standard InChI is InChI=1S/C22H6F40O4S/c23-3(24)7(31,32)11(39,40)15(47,48)19(55,56)21(59,60)17(51,52)13(43,44)9(35,36)5(27,28)1-65-67(63,64)66-2-6(29,30)10(37,38)14(45,46)18(53,54)22(61,62)20(57,58)16(49,50)12(41,42)8(33,34)4(25)26/h3-4H,1-2H2. The first-order chi connectivity index (χ1) is 28.3. The van der Waals surface area contributed by atoms with E-state index in [0.29, 0.717) is 0 Å². The summed E-state index contributed by atoms with van der Waals surface area (Å²) in [6, 6.07) is 0. The van der Waals surface area contributed by atoms with E-state index in [9.17, 15) is 184 Å². The van der Waals surface area contributed by atoms with Gasteiger partial charge in [0.05, 0.1) is 0 Å². The van der Waals surface area contributed by atoms with E-state index < -0.39 is 143 Å². The van der Waals surface area contributed by atoms with Gasteiger partial charge in [-0.2, -0.15) is 166 Å². The van der Waals surface area contributed by atoms with Crippen molar-refractivity contribution in [1.82, 2.24) is 0 Å². The van der Waals surface area contributed by atoms with Crippen LogP contribution in [0.4, 0.5) is 176 Å². The molecule has 0 saturated carbocycles. The summed E-state index contributed by atoms with van der Waals surface area (Å²) in [5.74, 6) is -164. The van der Waals surface area contributed by atoms with Crippen LogP contribution in [-0.2, 0) is 18.8 Å². The van der Waals surface area contributed by atoms with Crippen molar-refractivity contribution in [3.63, 3.8) is 0 Å². The van der Waals surface area contributed by atoms with Crippen molar-refractivity contribution in [2.45, 2.75) is 119 Å². The Morgan fingerprint density at radius 2 is 0.388 bits per heavy atom. The van der Waals surface area contributed by atoms with Crippen molar-refractivity contribution in [1.29, 1.82) is 0 Å². The molecule has 0 bridgehead atoms. The third kappa shape index (κ3) is 8.43. The van der Waals surface area contributed by atoms with E-state index in [0.717, 1.165) is 0 Å². The van der Waals surface area contributed by atoms with Crippen LogP contribution in [-0.4, -0.2) is 141 Å². The highest BCUT2D eigenvalue weighted by atomic mass is 32.3. The lowest BCUT2D eigenvalue weighted by molar-refractivity contribution is -0.465. The molecule has 0 heterocycles. The van der Waals surface area contributed by atoms with Gasteiger partial charge in [0.2, 0.25) is 0 Å². The van der Waals surface area contributed by atoms with Crippen LogP contribution in [0.3, 0.4) is 0 Å². The second-order valence-corrected chi connectivity index (χ2v) is 13.5. The van der Waals surface area contributed by atoms with Crippen LogP contribution in [0.15, 0.2) is 0 Å². The summed E-state index contributed by atoms with van der Waals surface area (Å²) in [6.07, 6.45) is -12.9. The van der Waals surface area contributed by atoms with Gasteiger partial charge in [-0.25, -0.2) is 25.9 Å². The number of hydrogen-bond acceptors (Lipinski definition) is 4. The summed E-state index contributed by atoms with van der Waals surface area (Å²) in [6.45, 7) is -9.77. The van der Waals surface area contributed by atoms with Crippen molar-refractivity contribution in [3.8, 4) is 0 Å². The molecule has 0 saturated heterocycles. The lowest BCUT2D eigenvalue weighted by Crippen LogP contribution is -2.76. The average molecular weight is 1130 g/mol. The van der Waals surface area contributed by atoms with E-state index in [2.05, 4.69) is 8.37 Å². The van der Waals surface area contributed by atoms with Crippen LogP contribution >= 0.6 is 0 Å². The highest BCUT2D eigenvalue weighted by molar-refractivity contribution is 7.81. The normalized spacial score (nSPS) is 17.0. The highest BCUT2D eigenvalue weighted by Gasteiger charge is 2.99. The SMILES string of the molecule is O=S(=O)(OCC(F)(F)C(F)(F)C(F)(F)C(F)(F)C(F)(F)C(F)(F)C(F)(F)C(F)(F)C(F)(F)C(F)F)OCC(F)(F)C(F)(F)C(F)(F)C(F)(F)C(F)(F)C(F)(F)C(F)(F)C(F)(F)C(F)(F)C(F)F. The van der Waals surface area contributed by atoms with Gasteiger partial charge in [-0.1, -0.05) is 0 Å². The molecule has 0 aliphatic carbocycles. The molecule has 45 heteroatoms. The van der Waals surface area contributed by atoms with Gasteiger partial charge in [-0.05, 0) is 0 Å². The van der Waals surface area contributed by atoms with E-state index >= 15 is 0 Å². The predicted molar refractivity (Wildman–Crippen MR) is 122 cm³/mol. The van der Waals surface area contributed by atoms with E-state index in [4.69, 9.17) is 0 Å². The molecule has 404 valence electrons. The number of alkyl halides is 40. The monoisotopic (exact) mass is 1130 g/mol. The average Bonchev–Trinajstić information content (AvgIpc) is 3.11. The van der Waals surface area contributed by atoms with E-state index in [1.165, 1.54) is 0 Å². The predicted octanol–water partition coefficient (Wildman–Crippen LogP) is 12.2. The Morgan fingerprint density at radius 1 is 0.254 bits per heavy atom. The van der Waals surface area contributed by atoms with Gasteiger partial charge in [0.25, 0.3) is 0 Å². The quantitative estimate of drug-likeness (QED) is 0.0904. The molecular formula is C22H6F40O4S. The number of hydrogen-bond donors (Lipinski definition) is 0. The molecule has 0 N–H and O–H groups in total. The summed E-state index contributed by atoms with van der Waals surface area (Å²) in [7, 11) is -8.00. The fraction of sp³-hybridized carbons (Fsp3) is 1.00. The lowest BCUT2D eigenvalue weighted by atomic mass is 9.86. The Labute approximate surface area is 336 Å². The second-order valence-electron chi connectivity index (χ2n) is 12.2. The Bertz CT molecular complexity index is 1740. The van der Waals surface area contributed by atoms with Gasteiger partial charge in [-0.15, -0.1) is 0 Å². The first kappa shape index (κ1) is 64.1. The number of rotatable bonds is 24. The smallest absolute Gasteiger partial charge is 0.242 e. The first-order valence-corrected chi connectivity index (χ1v) is 15.5. The zero-order chi connectivity index (χ0) is 55.5. The molecule has 0 aromatic carbocycles. The third-order valence-electron chi connectivity index (χ3n) is 7.81. The van der Waals surface area contributed by atoms with Crippen LogP contribution in [0, 0.1) is 0 Å². The largest absolute Gasteiger partial charge is 0.400 e. The van der Waals surface area contributed by atoms with Crippen LogP contribution in [0.2, 0.25) is 0 Å². The minimum absolute atomic E-state index is 2.10. The molecule has 0 fully saturated rings. The van der Waals surface area contributed by atoms with Crippen molar-refractivity contribution < 1.29 is 192 Å². The summed E-state index contributed by atoms with van der Waals surface area (Å²) < 4.78 is 565. The van der Waals surface area contributed by atoms with Crippen molar-refractivity contribution in [2.75, 3.05) is 13.2 Å². The zero-order valence-corrected chi connectivity index (χ0v) is 29.5. The third-order valence-corrected chi connectivity index (χ3v) is 8.62. The lowest BCUT2D eigenvalue weighted by Gasteiger charge is -2.44. The Hall–Kier alpha value is -2.93. The molecule has 0 aromatic rings. The molecule has 0 aliphatic rings. The van der Waals surface area contributed by atoms with E-state index in [-0.39, 0.29) is 0 Å². The maximum atomic E-state index is 13.9. The van der Waals surface area contributed by atoms with Gasteiger partial charge < -0.3 is 0 Å². The van der Waals surface area contributed by atoms with Crippen LogP contribution in [0.5, 0.6) is 0 Å². The summed E-state index contributed by atoms with van der Waals surface area (Å²) >= 11 is 0. The van der Waals surface area contributed by atoms with Gasteiger partial charge in [0.15, 0.2) is 0 Å². The number of halogens is 40. The highest BCUT2D eigenvalue weighted by Crippen LogP contribution is 2.68. The molecule has 67 heavy (non-hydrogen) atoms. The Kier molecular flexibility index (Phi) is 15.9. The fourth-order valence-corrected chi connectivity index (χ4v) is 4.28. The van der Waals surface area contributed by atoms with E-state index in [1.807, 2.05) is 0 Å². The molecular weight excluding hydrogens is 1120 g/mol. The topological polar surface area (TPSA) is 52.6 Å². The maximum Gasteiger partial charge on any atom is 0.400 e. The first-order valence-electron chi connectivity index (χ1n) is 14.2. The molecule has 0 rings (SSSR count). The second kappa shape index (κ2) is 16.6. The molecule has 0 spiro atoms. The van der Waals surface area contributed by atoms with E-state index in [1.54, 1.807) is 0 Å². The van der Waals surface area contributed by atoms with Crippen LogP contribution in [0.1, 0.15) is 0 Å². The molecule has 0 atom stereocenters. The van der Waals surface area contributed by atoms with Crippen molar-refractivity contribution >= 4 is 10.4 Å². The van der Waals surface area contributed by atoms with Gasteiger partial charge in [-0.3, -0.25) is 0 Å². The Balaban J connectivity index is 6.96. The summed E-state index contributed by atoms with van der Waals surface area (Å²) in [5, 5.41) is 0. The Morgan fingerprint density at radius 3 is 0.537 bits per heavy atom. The van der Waals surface area contributed by atoms with Crippen molar-refractivity contribution in [3.05, 3.63) is 0 Å².